The molecule has 1 heterocycles. The minimum absolute atomic E-state index is 0.124. The third-order valence-electron chi connectivity index (χ3n) is 5.08. The van der Waals surface area contributed by atoms with Crippen LogP contribution < -0.4 is 11.1 Å². The second-order valence-corrected chi connectivity index (χ2v) is 7.14. The zero-order valence-corrected chi connectivity index (χ0v) is 15.9. The summed E-state index contributed by atoms with van der Waals surface area (Å²) in [6.07, 6.45) is 1.91. The average Bonchev–Trinajstić information content (AvgIpc) is 3.20. The van der Waals surface area contributed by atoms with Gasteiger partial charge in [0.15, 0.2) is 0 Å². The fourth-order valence-corrected chi connectivity index (χ4v) is 3.53. The fraction of sp³-hybridized carbons (Fsp3) is 0.167. The van der Waals surface area contributed by atoms with E-state index < -0.39 is 0 Å². The number of carbonyl (C=O) groups excluding carboxylic acids is 1. The third-order valence-corrected chi connectivity index (χ3v) is 5.08. The van der Waals surface area contributed by atoms with Gasteiger partial charge >= 0.3 is 0 Å². The second-order valence-electron chi connectivity index (χ2n) is 7.14. The lowest BCUT2D eigenvalue weighted by molar-refractivity contribution is 0.0938. The molecule has 3 aromatic carbocycles. The first-order valence-corrected chi connectivity index (χ1v) is 9.45. The molecule has 28 heavy (non-hydrogen) atoms. The van der Waals surface area contributed by atoms with Gasteiger partial charge in [0.1, 0.15) is 0 Å². The van der Waals surface area contributed by atoms with Crippen molar-refractivity contribution in [2.24, 2.45) is 10.7 Å². The lowest BCUT2D eigenvalue weighted by Gasteiger charge is -2.18. The molecule has 4 nitrogen and oxygen atoms in total. The third kappa shape index (κ3) is 3.73. The molecule has 0 aliphatic carbocycles. The van der Waals surface area contributed by atoms with E-state index in [1.54, 1.807) is 0 Å². The molecule has 3 N–H and O–H groups in total. The maximum Gasteiger partial charge on any atom is 0.251 e. The van der Waals surface area contributed by atoms with Crippen molar-refractivity contribution >= 4 is 12.1 Å². The van der Waals surface area contributed by atoms with E-state index in [4.69, 9.17) is 5.73 Å². The van der Waals surface area contributed by atoms with Gasteiger partial charge in [0.2, 0.25) is 0 Å². The van der Waals surface area contributed by atoms with E-state index in [2.05, 4.69) is 34.6 Å². The molecule has 0 fully saturated rings. The van der Waals surface area contributed by atoms with Crippen molar-refractivity contribution in [2.45, 2.75) is 19.5 Å². The quantitative estimate of drug-likeness (QED) is 0.713. The van der Waals surface area contributed by atoms with Crippen molar-refractivity contribution in [1.82, 2.24) is 5.32 Å². The van der Waals surface area contributed by atoms with Crippen molar-refractivity contribution in [3.05, 3.63) is 94.5 Å². The first kappa shape index (κ1) is 18.1. The van der Waals surface area contributed by atoms with Crippen LogP contribution in [0, 0.1) is 6.92 Å². The van der Waals surface area contributed by atoms with Gasteiger partial charge in [-0.25, -0.2) is 0 Å². The van der Waals surface area contributed by atoms with E-state index in [-0.39, 0.29) is 11.9 Å². The van der Waals surface area contributed by atoms with E-state index >= 15 is 0 Å². The van der Waals surface area contributed by atoms with Crippen molar-refractivity contribution in [3.8, 4) is 11.1 Å². The largest absolute Gasteiger partial charge is 0.344 e. The Morgan fingerprint density at radius 1 is 1.07 bits per heavy atom. The number of nitrogens with one attached hydrogen (secondary N) is 1. The highest BCUT2D eigenvalue weighted by molar-refractivity contribution is 5.96. The van der Waals surface area contributed by atoms with Gasteiger partial charge in [0.25, 0.3) is 5.91 Å². The monoisotopic (exact) mass is 369 g/mol. The van der Waals surface area contributed by atoms with Crippen molar-refractivity contribution in [2.75, 3.05) is 6.54 Å². The van der Waals surface area contributed by atoms with Gasteiger partial charge in [0, 0.05) is 18.3 Å². The molecule has 0 radical (unpaired) electrons. The summed E-state index contributed by atoms with van der Waals surface area (Å²) in [7, 11) is 0. The van der Waals surface area contributed by atoms with Crippen molar-refractivity contribution in [3.63, 3.8) is 0 Å². The van der Waals surface area contributed by atoms with Gasteiger partial charge in [-0.05, 0) is 52.9 Å². The molecule has 0 spiro atoms. The van der Waals surface area contributed by atoms with Crippen molar-refractivity contribution in [1.29, 1.82) is 0 Å². The Balaban J connectivity index is 1.57. The van der Waals surface area contributed by atoms with Crippen molar-refractivity contribution < 1.29 is 4.79 Å². The zero-order chi connectivity index (χ0) is 19.5. The van der Waals surface area contributed by atoms with Crippen LogP contribution in [-0.4, -0.2) is 18.7 Å². The highest BCUT2D eigenvalue weighted by atomic mass is 16.1. The maximum atomic E-state index is 12.9. The molecular weight excluding hydrogens is 346 g/mol. The highest BCUT2D eigenvalue weighted by Crippen LogP contribution is 2.25. The average molecular weight is 369 g/mol. The fourth-order valence-electron chi connectivity index (χ4n) is 3.53. The summed E-state index contributed by atoms with van der Waals surface area (Å²) in [4.78, 5) is 17.2. The van der Waals surface area contributed by atoms with Crippen LogP contribution in [-0.2, 0) is 6.54 Å². The topological polar surface area (TPSA) is 67.5 Å². The lowest BCUT2D eigenvalue weighted by atomic mass is 9.98. The number of carbonyl (C=O) groups is 1. The summed E-state index contributed by atoms with van der Waals surface area (Å²) in [5.74, 6) is -0.124. The molecule has 0 saturated heterocycles. The number of nitrogens with zero attached hydrogens (tertiary/aromatic N) is 1. The lowest BCUT2D eigenvalue weighted by Crippen LogP contribution is -2.33. The van der Waals surface area contributed by atoms with Crippen LogP contribution in [0.4, 0.5) is 0 Å². The van der Waals surface area contributed by atoms with Gasteiger partial charge in [0.05, 0.1) is 12.6 Å². The first-order valence-electron chi connectivity index (χ1n) is 9.45. The predicted molar refractivity (Wildman–Crippen MR) is 114 cm³/mol. The Labute approximate surface area is 165 Å². The number of hydrogen-bond donors (Lipinski definition) is 2. The standard InChI is InChI=1S/C24H23N3O/c1-16-4-2-6-19(10-16)23(13-25)27-24(28)20-7-3-5-17(11-20)18-8-9-21-14-26-15-22(21)12-18/h2-12,15,23H,13-14,25H2,1H3,(H,27,28). The molecule has 0 aromatic heterocycles. The molecule has 0 saturated carbocycles. The van der Waals surface area contributed by atoms with Crippen LogP contribution >= 0.6 is 0 Å². The summed E-state index contributed by atoms with van der Waals surface area (Å²) in [5.41, 5.74) is 13.2. The maximum absolute atomic E-state index is 12.9. The van der Waals surface area contributed by atoms with Crippen LogP contribution in [0.1, 0.15) is 38.7 Å². The summed E-state index contributed by atoms with van der Waals surface area (Å²) >= 11 is 0. The Kier molecular flexibility index (Phi) is 5.04. The van der Waals surface area contributed by atoms with E-state index in [0.29, 0.717) is 12.1 Å². The van der Waals surface area contributed by atoms with Crippen LogP contribution in [0.3, 0.4) is 0 Å². The van der Waals surface area contributed by atoms with Gasteiger partial charge in [-0.15, -0.1) is 0 Å². The number of fused-ring (bicyclic) bond motifs is 1. The summed E-state index contributed by atoms with van der Waals surface area (Å²) in [6, 6.07) is 21.8. The number of benzene rings is 3. The van der Waals surface area contributed by atoms with Crippen LogP contribution in [0.25, 0.3) is 11.1 Å². The minimum Gasteiger partial charge on any atom is -0.344 e. The SMILES string of the molecule is Cc1cccc(C(CN)NC(=O)c2cccc(-c3ccc4c(c3)C=NC4)c2)c1. The number of hydrogen-bond acceptors (Lipinski definition) is 3. The minimum atomic E-state index is -0.215. The van der Waals surface area contributed by atoms with Crippen LogP contribution in [0.15, 0.2) is 71.7 Å². The summed E-state index contributed by atoms with van der Waals surface area (Å²) in [6.45, 7) is 3.13. The van der Waals surface area contributed by atoms with Gasteiger partial charge < -0.3 is 11.1 Å². The number of aryl methyl sites for hydroxylation is 1. The number of aliphatic imine (C=N–C) groups is 1. The summed E-state index contributed by atoms with van der Waals surface area (Å²) < 4.78 is 0. The van der Waals surface area contributed by atoms with E-state index in [1.165, 1.54) is 5.56 Å². The Morgan fingerprint density at radius 2 is 1.89 bits per heavy atom. The van der Waals surface area contributed by atoms with E-state index in [9.17, 15) is 4.79 Å². The second kappa shape index (κ2) is 7.79. The predicted octanol–water partition coefficient (Wildman–Crippen LogP) is 4.02. The Hall–Kier alpha value is -3.24. The van der Waals surface area contributed by atoms with E-state index in [1.807, 2.05) is 55.6 Å². The smallest absolute Gasteiger partial charge is 0.251 e. The van der Waals surface area contributed by atoms with Crippen LogP contribution in [0.5, 0.6) is 0 Å². The number of amides is 1. The van der Waals surface area contributed by atoms with Crippen LogP contribution in [0.2, 0.25) is 0 Å². The molecule has 4 heteroatoms. The highest BCUT2D eigenvalue weighted by Gasteiger charge is 2.15. The van der Waals surface area contributed by atoms with Gasteiger partial charge in [-0.1, -0.05) is 54.1 Å². The summed E-state index contributed by atoms with van der Waals surface area (Å²) in [5, 5.41) is 3.06. The molecule has 1 unspecified atom stereocenters. The van der Waals surface area contributed by atoms with Gasteiger partial charge in [-0.2, -0.15) is 0 Å². The Bertz CT molecular complexity index is 1060. The molecule has 1 atom stereocenters. The normalized spacial score (nSPS) is 13.2. The number of nitrogens with two attached hydrogens (primary N) is 1. The molecule has 1 aliphatic heterocycles. The Morgan fingerprint density at radius 3 is 2.71 bits per heavy atom. The first-order chi connectivity index (χ1) is 13.6. The van der Waals surface area contributed by atoms with E-state index in [0.717, 1.165) is 34.4 Å². The van der Waals surface area contributed by atoms with Gasteiger partial charge in [-0.3, -0.25) is 9.79 Å². The number of rotatable bonds is 5. The molecule has 0 bridgehead atoms. The molecule has 140 valence electrons. The molecule has 4 rings (SSSR count). The molecule has 1 aliphatic rings. The zero-order valence-electron chi connectivity index (χ0n) is 15.9. The molecule has 1 amide bonds. The molecular formula is C24H23N3O. The molecule has 3 aromatic rings.